The summed E-state index contributed by atoms with van der Waals surface area (Å²) in [5, 5.41) is 1.75. The molecule has 0 aromatic heterocycles. The quantitative estimate of drug-likeness (QED) is 0.897. The molecule has 0 amide bonds. The van der Waals surface area contributed by atoms with Gasteiger partial charge >= 0.3 is 0 Å². The summed E-state index contributed by atoms with van der Waals surface area (Å²) in [5.41, 5.74) is -0.293. The predicted molar refractivity (Wildman–Crippen MR) is 66.6 cm³/mol. The van der Waals surface area contributed by atoms with Crippen molar-refractivity contribution in [2.75, 3.05) is 13.6 Å². The van der Waals surface area contributed by atoms with Crippen LogP contribution in [-0.2, 0) is 15.8 Å². The molecule has 0 atom stereocenters. The molecule has 0 saturated heterocycles. The van der Waals surface area contributed by atoms with E-state index >= 15 is 0 Å². The van der Waals surface area contributed by atoms with Crippen LogP contribution in [0.2, 0.25) is 0 Å². The fraction of sp³-hybridized carbons (Fsp3) is 0.500. The Hall–Kier alpha value is -1.01. The minimum absolute atomic E-state index is 0.0641. The third kappa shape index (κ3) is 3.05. The van der Waals surface area contributed by atoms with E-state index in [-0.39, 0.29) is 10.5 Å². The fourth-order valence-corrected chi connectivity index (χ4v) is 2.60. The Morgan fingerprint density at radius 1 is 1.33 bits per heavy atom. The van der Waals surface area contributed by atoms with Crippen LogP contribution in [0.5, 0.6) is 0 Å². The van der Waals surface area contributed by atoms with E-state index in [4.69, 9.17) is 0 Å². The average Bonchev–Trinajstić information content (AvgIpc) is 2.29. The summed E-state index contributed by atoms with van der Waals surface area (Å²) in [6.45, 7) is 2.51. The number of likely N-dealkylation sites (N-methyl/N-ethyl adjacent to an activating group) is 1. The second-order valence-electron chi connectivity index (χ2n) is 4.36. The number of nitrogens with one attached hydrogen (secondary N) is 1. The lowest BCUT2D eigenvalue weighted by Gasteiger charge is -2.17. The van der Waals surface area contributed by atoms with Crippen molar-refractivity contribution in [2.24, 2.45) is 0 Å². The Morgan fingerprint density at radius 3 is 2.44 bits per heavy atom. The number of hydrogen-bond acceptors (Lipinski definition) is 3. The van der Waals surface area contributed by atoms with Gasteiger partial charge in [0.1, 0.15) is 0 Å². The average molecular weight is 277 g/mol. The Balaban J connectivity index is 3.23. The molecule has 18 heavy (non-hydrogen) atoms. The standard InChI is InChI=1S/C12H17F2NO2S/c1-9(2)18(16,17)11-6-4-5-10(7-11)12(13,14)8-15-3/h4-7,9,15H,8H2,1-3H3. The maximum Gasteiger partial charge on any atom is 0.285 e. The zero-order chi connectivity index (χ0) is 14.0. The Morgan fingerprint density at radius 2 is 1.94 bits per heavy atom. The summed E-state index contributed by atoms with van der Waals surface area (Å²) in [5.74, 6) is -3.09. The maximum atomic E-state index is 13.7. The van der Waals surface area contributed by atoms with Crippen LogP contribution in [0.25, 0.3) is 0 Å². The van der Waals surface area contributed by atoms with Gasteiger partial charge in [-0.3, -0.25) is 0 Å². The SMILES string of the molecule is CNCC(F)(F)c1cccc(S(=O)(=O)C(C)C)c1. The lowest BCUT2D eigenvalue weighted by Crippen LogP contribution is -2.28. The van der Waals surface area contributed by atoms with Gasteiger partial charge in [-0.25, -0.2) is 8.42 Å². The van der Waals surface area contributed by atoms with E-state index in [0.29, 0.717) is 0 Å². The number of halogens is 2. The number of rotatable bonds is 5. The molecule has 0 heterocycles. The van der Waals surface area contributed by atoms with E-state index in [0.717, 1.165) is 6.07 Å². The monoisotopic (exact) mass is 277 g/mol. The lowest BCUT2D eigenvalue weighted by atomic mass is 10.1. The summed E-state index contributed by atoms with van der Waals surface area (Å²) in [6, 6.07) is 4.96. The molecule has 3 nitrogen and oxygen atoms in total. The van der Waals surface area contributed by atoms with Gasteiger partial charge in [0.05, 0.1) is 16.7 Å². The molecule has 6 heteroatoms. The third-order valence-corrected chi connectivity index (χ3v) is 4.76. The van der Waals surface area contributed by atoms with Gasteiger partial charge in [-0.2, -0.15) is 8.78 Å². The second-order valence-corrected chi connectivity index (χ2v) is 6.86. The molecule has 0 spiro atoms. The summed E-state index contributed by atoms with van der Waals surface area (Å²) >= 11 is 0. The van der Waals surface area contributed by atoms with Crippen LogP contribution >= 0.6 is 0 Å². The highest BCUT2D eigenvalue weighted by atomic mass is 32.2. The van der Waals surface area contributed by atoms with Crippen molar-refractivity contribution in [3.05, 3.63) is 29.8 Å². The van der Waals surface area contributed by atoms with Crippen LogP contribution in [0.1, 0.15) is 19.4 Å². The number of benzene rings is 1. The maximum absolute atomic E-state index is 13.7. The molecule has 1 aromatic rings. The molecule has 0 aliphatic rings. The molecule has 102 valence electrons. The highest BCUT2D eigenvalue weighted by Gasteiger charge is 2.32. The molecule has 0 radical (unpaired) electrons. The fourth-order valence-electron chi connectivity index (χ4n) is 1.50. The van der Waals surface area contributed by atoms with E-state index in [2.05, 4.69) is 5.32 Å². The summed E-state index contributed by atoms with van der Waals surface area (Å²) in [6.07, 6.45) is 0. The smallest absolute Gasteiger partial charge is 0.285 e. The van der Waals surface area contributed by atoms with Gasteiger partial charge in [-0.1, -0.05) is 12.1 Å². The van der Waals surface area contributed by atoms with Crippen LogP contribution in [0.4, 0.5) is 8.78 Å². The summed E-state index contributed by atoms with van der Waals surface area (Å²) < 4.78 is 51.2. The van der Waals surface area contributed by atoms with Crippen LogP contribution in [-0.4, -0.2) is 27.3 Å². The zero-order valence-electron chi connectivity index (χ0n) is 10.6. The minimum Gasteiger partial charge on any atom is -0.314 e. The van der Waals surface area contributed by atoms with Crippen molar-refractivity contribution in [1.82, 2.24) is 5.32 Å². The second kappa shape index (κ2) is 5.32. The van der Waals surface area contributed by atoms with Gasteiger partial charge in [-0.15, -0.1) is 0 Å². The molecule has 1 aromatic carbocycles. The van der Waals surface area contributed by atoms with Crippen molar-refractivity contribution in [3.63, 3.8) is 0 Å². The third-order valence-electron chi connectivity index (χ3n) is 2.60. The largest absolute Gasteiger partial charge is 0.314 e. The molecule has 0 fully saturated rings. The predicted octanol–water partition coefficient (Wildman–Crippen LogP) is 2.18. The van der Waals surface area contributed by atoms with Gasteiger partial charge < -0.3 is 5.32 Å². The number of sulfone groups is 1. The first-order valence-electron chi connectivity index (χ1n) is 5.58. The van der Waals surface area contributed by atoms with Gasteiger partial charge in [0.15, 0.2) is 9.84 Å². The summed E-state index contributed by atoms with van der Waals surface area (Å²) in [7, 11) is -2.11. The van der Waals surface area contributed by atoms with E-state index < -0.39 is 27.6 Å². The summed E-state index contributed by atoms with van der Waals surface area (Å²) in [4.78, 5) is -0.0641. The Labute approximate surface area is 106 Å². The van der Waals surface area contributed by atoms with Crippen molar-refractivity contribution >= 4 is 9.84 Å². The Kier molecular flexibility index (Phi) is 4.45. The molecule has 1 rings (SSSR count). The van der Waals surface area contributed by atoms with Crippen LogP contribution in [0, 0.1) is 0 Å². The first-order chi connectivity index (χ1) is 8.21. The van der Waals surface area contributed by atoms with E-state index in [1.54, 1.807) is 0 Å². The van der Waals surface area contributed by atoms with Gasteiger partial charge in [0.25, 0.3) is 5.92 Å². The highest BCUT2D eigenvalue weighted by molar-refractivity contribution is 7.92. The van der Waals surface area contributed by atoms with Crippen LogP contribution in [0.15, 0.2) is 29.2 Å². The van der Waals surface area contributed by atoms with Crippen molar-refractivity contribution in [1.29, 1.82) is 0 Å². The zero-order valence-corrected chi connectivity index (χ0v) is 11.4. The molecular weight excluding hydrogens is 260 g/mol. The highest BCUT2D eigenvalue weighted by Crippen LogP contribution is 2.29. The molecule has 0 aliphatic carbocycles. The number of alkyl halides is 2. The molecule has 0 aliphatic heterocycles. The number of hydrogen-bond donors (Lipinski definition) is 1. The molecule has 1 N–H and O–H groups in total. The van der Waals surface area contributed by atoms with Gasteiger partial charge in [0.2, 0.25) is 0 Å². The molecular formula is C12H17F2NO2S. The first-order valence-corrected chi connectivity index (χ1v) is 7.13. The van der Waals surface area contributed by atoms with Crippen molar-refractivity contribution in [3.8, 4) is 0 Å². The van der Waals surface area contributed by atoms with Crippen molar-refractivity contribution < 1.29 is 17.2 Å². The Bertz CT molecular complexity index is 513. The van der Waals surface area contributed by atoms with E-state index in [1.165, 1.54) is 39.1 Å². The molecule has 0 saturated carbocycles. The van der Waals surface area contributed by atoms with Gasteiger partial charge in [0, 0.05) is 5.56 Å². The molecule has 0 bridgehead atoms. The molecule has 0 unspecified atom stereocenters. The topological polar surface area (TPSA) is 46.2 Å². The lowest BCUT2D eigenvalue weighted by molar-refractivity contribution is -0.00146. The van der Waals surface area contributed by atoms with E-state index in [1.807, 2.05) is 0 Å². The van der Waals surface area contributed by atoms with Crippen LogP contribution < -0.4 is 5.32 Å². The minimum atomic E-state index is -3.53. The normalized spacial score (nSPS) is 13.0. The van der Waals surface area contributed by atoms with Crippen LogP contribution in [0.3, 0.4) is 0 Å². The van der Waals surface area contributed by atoms with Gasteiger partial charge in [-0.05, 0) is 33.0 Å². The van der Waals surface area contributed by atoms with E-state index in [9.17, 15) is 17.2 Å². The first kappa shape index (κ1) is 15.0. The van der Waals surface area contributed by atoms with Crippen molar-refractivity contribution in [2.45, 2.75) is 29.9 Å².